The molecule has 1 aromatic rings. The molecule has 1 aliphatic rings. The fourth-order valence-corrected chi connectivity index (χ4v) is 2.21. The highest BCUT2D eigenvalue weighted by Crippen LogP contribution is 2.12. The van der Waals surface area contributed by atoms with Crippen molar-refractivity contribution in [3.8, 4) is 5.75 Å². The number of ether oxygens (including phenoxy) is 1. The summed E-state index contributed by atoms with van der Waals surface area (Å²) in [6.07, 6.45) is 3.17. The Balaban J connectivity index is 1.72. The first-order valence-electron chi connectivity index (χ1n) is 6.99. The van der Waals surface area contributed by atoms with E-state index in [1.807, 2.05) is 24.3 Å². The molecule has 0 radical (unpaired) electrons. The highest BCUT2D eigenvalue weighted by atomic mass is 16.5. The molecule has 0 aliphatic carbocycles. The molecule has 0 spiro atoms. The van der Waals surface area contributed by atoms with Crippen molar-refractivity contribution in [2.75, 3.05) is 19.7 Å². The Morgan fingerprint density at radius 3 is 2.84 bits per heavy atom. The van der Waals surface area contributed by atoms with E-state index in [4.69, 9.17) is 4.74 Å². The maximum atomic E-state index is 11.7. The van der Waals surface area contributed by atoms with Gasteiger partial charge in [-0.2, -0.15) is 0 Å². The maximum absolute atomic E-state index is 11.7. The quantitative estimate of drug-likeness (QED) is 0.845. The lowest BCUT2D eigenvalue weighted by Gasteiger charge is -2.23. The van der Waals surface area contributed by atoms with Gasteiger partial charge in [0.25, 0.3) is 5.91 Å². The standard InChI is InChI=1S/C15H22N2O2/c1-2-12-5-7-14(8-6-12)19-11-15(18)17-13-4-3-9-16-10-13/h5-8,13,16H,2-4,9-11H2,1H3,(H,17,18). The van der Waals surface area contributed by atoms with Crippen molar-refractivity contribution < 1.29 is 9.53 Å². The number of amides is 1. The van der Waals surface area contributed by atoms with Gasteiger partial charge < -0.3 is 15.4 Å². The zero-order valence-corrected chi connectivity index (χ0v) is 11.4. The fraction of sp³-hybridized carbons (Fsp3) is 0.533. The highest BCUT2D eigenvalue weighted by Gasteiger charge is 2.15. The molecule has 4 heteroatoms. The lowest BCUT2D eigenvalue weighted by Crippen LogP contribution is -2.46. The van der Waals surface area contributed by atoms with Crippen molar-refractivity contribution in [1.82, 2.24) is 10.6 Å². The molecule has 104 valence electrons. The second-order valence-electron chi connectivity index (χ2n) is 4.90. The molecule has 1 heterocycles. The Hall–Kier alpha value is -1.55. The predicted molar refractivity (Wildman–Crippen MR) is 75.3 cm³/mol. The Morgan fingerprint density at radius 2 is 2.21 bits per heavy atom. The van der Waals surface area contributed by atoms with E-state index in [2.05, 4.69) is 17.6 Å². The van der Waals surface area contributed by atoms with Crippen molar-refractivity contribution in [2.24, 2.45) is 0 Å². The van der Waals surface area contributed by atoms with Gasteiger partial charge in [-0.3, -0.25) is 4.79 Å². The van der Waals surface area contributed by atoms with Crippen LogP contribution in [0.15, 0.2) is 24.3 Å². The summed E-state index contributed by atoms with van der Waals surface area (Å²) in [5.41, 5.74) is 1.27. The van der Waals surface area contributed by atoms with E-state index in [9.17, 15) is 4.79 Å². The molecule has 0 saturated carbocycles. The lowest BCUT2D eigenvalue weighted by molar-refractivity contribution is -0.123. The van der Waals surface area contributed by atoms with Gasteiger partial charge in [-0.1, -0.05) is 19.1 Å². The molecular weight excluding hydrogens is 240 g/mol. The maximum Gasteiger partial charge on any atom is 0.258 e. The van der Waals surface area contributed by atoms with Crippen molar-refractivity contribution in [3.05, 3.63) is 29.8 Å². The van der Waals surface area contributed by atoms with Gasteiger partial charge >= 0.3 is 0 Å². The Bertz CT molecular complexity index is 397. The minimum atomic E-state index is -0.0479. The molecule has 1 aromatic carbocycles. The second kappa shape index (κ2) is 7.14. The van der Waals surface area contributed by atoms with Gasteiger partial charge in [0.05, 0.1) is 0 Å². The van der Waals surface area contributed by atoms with Crippen molar-refractivity contribution in [2.45, 2.75) is 32.2 Å². The van der Waals surface area contributed by atoms with Crippen LogP contribution in [-0.4, -0.2) is 31.6 Å². The number of aryl methyl sites for hydroxylation is 1. The van der Waals surface area contributed by atoms with Crippen LogP contribution < -0.4 is 15.4 Å². The van der Waals surface area contributed by atoms with E-state index in [1.165, 1.54) is 5.56 Å². The van der Waals surface area contributed by atoms with Gasteiger partial charge in [-0.25, -0.2) is 0 Å². The highest BCUT2D eigenvalue weighted by molar-refractivity contribution is 5.77. The summed E-state index contributed by atoms with van der Waals surface area (Å²) in [5.74, 6) is 0.697. The van der Waals surface area contributed by atoms with Crippen LogP contribution >= 0.6 is 0 Å². The molecule has 2 rings (SSSR count). The number of piperidine rings is 1. The zero-order valence-electron chi connectivity index (χ0n) is 11.4. The summed E-state index contributed by atoms with van der Waals surface area (Å²) in [6, 6.07) is 8.12. The van der Waals surface area contributed by atoms with Crippen molar-refractivity contribution in [1.29, 1.82) is 0 Å². The molecule has 4 nitrogen and oxygen atoms in total. The van der Waals surface area contributed by atoms with Crippen molar-refractivity contribution in [3.63, 3.8) is 0 Å². The second-order valence-corrected chi connectivity index (χ2v) is 4.90. The number of nitrogens with one attached hydrogen (secondary N) is 2. The van der Waals surface area contributed by atoms with E-state index in [0.717, 1.165) is 38.1 Å². The number of carbonyl (C=O) groups excluding carboxylic acids is 1. The van der Waals surface area contributed by atoms with E-state index >= 15 is 0 Å². The van der Waals surface area contributed by atoms with Crippen LogP contribution in [0.2, 0.25) is 0 Å². The first-order valence-corrected chi connectivity index (χ1v) is 6.99. The Morgan fingerprint density at radius 1 is 1.42 bits per heavy atom. The number of rotatable bonds is 5. The summed E-state index contributed by atoms with van der Waals surface area (Å²) < 4.78 is 5.48. The smallest absolute Gasteiger partial charge is 0.258 e. The van der Waals surface area contributed by atoms with Gasteiger partial charge in [-0.15, -0.1) is 0 Å². The monoisotopic (exact) mass is 262 g/mol. The minimum absolute atomic E-state index is 0.0479. The van der Waals surface area contributed by atoms with E-state index in [0.29, 0.717) is 0 Å². The molecule has 2 N–H and O–H groups in total. The number of carbonyl (C=O) groups is 1. The molecule has 1 saturated heterocycles. The van der Waals surface area contributed by atoms with E-state index in [1.54, 1.807) is 0 Å². The average molecular weight is 262 g/mol. The Labute approximate surface area is 114 Å². The summed E-state index contributed by atoms with van der Waals surface area (Å²) in [5, 5.41) is 6.26. The summed E-state index contributed by atoms with van der Waals surface area (Å²) in [6.45, 7) is 4.10. The minimum Gasteiger partial charge on any atom is -0.484 e. The van der Waals surface area contributed by atoms with Crippen LogP contribution in [0.4, 0.5) is 0 Å². The largest absolute Gasteiger partial charge is 0.484 e. The van der Waals surface area contributed by atoms with Crippen LogP contribution in [0, 0.1) is 0 Å². The third kappa shape index (κ3) is 4.56. The molecule has 1 amide bonds. The Kier molecular flexibility index (Phi) is 5.21. The van der Waals surface area contributed by atoms with Crippen molar-refractivity contribution >= 4 is 5.91 Å². The number of hydrogen-bond acceptors (Lipinski definition) is 3. The third-order valence-corrected chi connectivity index (χ3v) is 3.36. The average Bonchev–Trinajstić information content (AvgIpc) is 2.47. The van der Waals surface area contributed by atoms with E-state index < -0.39 is 0 Å². The molecule has 1 atom stereocenters. The molecule has 1 unspecified atom stereocenters. The number of benzene rings is 1. The van der Waals surface area contributed by atoms with Crippen LogP contribution in [0.1, 0.15) is 25.3 Å². The third-order valence-electron chi connectivity index (χ3n) is 3.36. The summed E-state index contributed by atoms with van der Waals surface area (Å²) >= 11 is 0. The van der Waals surface area contributed by atoms with Crippen LogP contribution in [-0.2, 0) is 11.2 Å². The summed E-state index contributed by atoms with van der Waals surface area (Å²) in [4.78, 5) is 11.7. The zero-order chi connectivity index (χ0) is 13.5. The van der Waals surface area contributed by atoms with Crippen LogP contribution in [0.5, 0.6) is 5.75 Å². The van der Waals surface area contributed by atoms with Gasteiger partial charge in [-0.05, 0) is 43.5 Å². The first-order chi connectivity index (χ1) is 9.28. The fourth-order valence-electron chi connectivity index (χ4n) is 2.21. The number of hydrogen-bond donors (Lipinski definition) is 2. The lowest BCUT2D eigenvalue weighted by atomic mass is 10.1. The first kappa shape index (κ1) is 13.9. The molecular formula is C15H22N2O2. The molecule has 0 bridgehead atoms. The summed E-state index contributed by atoms with van der Waals surface area (Å²) in [7, 11) is 0. The molecule has 1 fully saturated rings. The predicted octanol–water partition coefficient (Wildman–Crippen LogP) is 1.50. The SMILES string of the molecule is CCc1ccc(OCC(=O)NC2CCCNC2)cc1. The van der Waals surface area contributed by atoms with E-state index in [-0.39, 0.29) is 18.6 Å². The normalized spacial score (nSPS) is 18.9. The van der Waals surface area contributed by atoms with Gasteiger partial charge in [0.2, 0.25) is 0 Å². The van der Waals surface area contributed by atoms with Gasteiger partial charge in [0.15, 0.2) is 6.61 Å². The molecule has 0 aromatic heterocycles. The van der Waals surface area contributed by atoms with Crippen LogP contribution in [0.3, 0.4) is 0 Å². The van der Waals surface area contributed by atoms with Gasteiger partial charge in [0.1, 0.15) is 5.75 Å². The van der Waals surface area contributed by atoms with Gasteiger partial charge in [0, 0.05) is 12.6 Å². The molecule has 1 aliphatic heterocycles. The molecule has 19 heavy (non-hydrogen) atoms. The van der Waals surface area contributed by atoms with Crippen LogP contribution in [0.25, 0.3) is 0 Å². The topological polar surface area (TPSA) is 50.4 Å².